The van der Waals surface area contributed by atoms with E-state index in [0.29, 0.717) is 25.0 Å². The summed E-state index contributed by atoms with van der Waals surface area (Å²) in [6, 6.07) is 27.2. The zero-order valence-corrected chi connectivity index (χ0v) is 23.4. The Hall–Kier alpha value is -5.35. The van der Waals surface area contributed by atoms with Crippen LogP contribution in [0, 0.1) is 0 Å². The number of halogens is 1. The number of aromatic nitrogens is 4. The Morgan fingerprint density at radius 3 is 2.48 bits per heavy atom. The molecule has 42 heavy (non-hydrogen) atoms. The number of ether oxygens (including phenoxy) is 1. The van der Waals surface area contributed by atoms with Crippen molar-refractivity contribution in [3.63, 3.8) is 0 Å². The van der Waals surface area contributed by atoms with Crippen molar-refractivity contribution in [2.75, 3.05) is 23.2 Å². The quantitative estimate of drug-likeness (QED) is 0.112. The number of methoxy groups -OCH3 is 1. The number of furan rings is 1. The monoisotopic (exact) mass is 578 g/mol. The van der Waals surface area contributed by atoms with E-state index in [1.54, 1.807) is 19.6 Å². The second-order valence-corrected chi connectivity index (χ2v) is 9.76. The van der Waals surface area contributed by atoms with Crippen LogP contribution in [0.5, 0.6) is 5.75 Å². The normalized spacial score (nSPS) is 11.2. The van der Waals surface area contributed by atoms with Crippen LogP contribution in [0.25, 0.3) is 10.9 Å². The van der Waals surface area contributed by atoms with Crippen LogP contribution >= 0.6 is 11.6 Å². The number of benzene rings is 3. The molecule has 6 aromatic rings. The van der Waals surface area contributed by atoms with Crippen molar-refractivity contribution in [1.82, 2.24) is 19.5 Å². The fraction of sp³-hybridized carbons (Fsp3) is 0.0968. The van der Waals surface area contributed by atoms with Crippen molar-refractivity contribution in [2.45, 2.75) is 13.1 Å². The summed E-state index contributed by atoms with van der Waals surface area (Å²) in [5.74, 6) is 2.47. The van der Waals surface area contributed by atoms with E-state index in [2.05, 4.69) is 59.0 Å². The van der Waals surface area contributed by atoms with Crippen molar-refractivity contribution in [1.29, 1.82) is 0 Å². The third kappa shape index (κ3) is 6.51. The summed E-state index contributed by atoms with van der Waals surface area (Å²) in [6.07, 6.45) is 5.46. The molecule has 0 amide bonds. The molecule has 0 saturated heterocycles. The average Bonchev–Trinajstić information content (AvgIpc) is 3.66. The van der Waals surface area contributed by atoms with Gasteiger partial charge in [0.05, 0.1) is 26.1 Å². The molecular formula is C31H27ClN8O2. The lowest BCUT2D eigenvalue weighted by atomic mass is 10.2. The number of hydrogen-bond acceptors (Lipinski definition) is 9. The first-order valence-corrected chi connectivity index (χ1v) is 13.6. The predicted octanol–water partition coefficient (Wildman–Crippen LogP) is 6.93. The third-order valence-electron chi connectivity index (χ3n) is 6.44. The summed E-state index contributed by atoms with van der Waals surface area (Å²) < 4.78 is 12.9. The van der Waals surface area contributed by atoms with Gasteiger partial charge in [-0.2, -0.15) is 20.1 Å². The first-order chi connectivity index (χ1) is 20.6. The molecule has 0 unspecified atom stereocenters. The van der Waals surface area contributed by atoms with Crippen LogP contribution in [0.4, 0.5) is 23.5 Å². The maximum absolute atomic E-state index is 6.07. The summed E-state index contributed by atoms with van der Waals surface area (Å²) in [5, 5.41) is 12.6. The molecule has 0 aliphatic rings. The molecule has 3 N–H and O–H groups in total. The Balaban J connectivity index is 1.23. The molecule has 0 spiro atoms. The first-order valence-electron chi connectivity index (χ1n) is 13.2. The highest BCUT2D eigenvalue weighted by atomic mass is 35.5. The van der Waals surface area contributed by atoms with E-state index in [-0.39, 0.29) is 5.95 Å². The van der Waals surface area contributed by atoms with Crippen molar-refractivity contribution in [3.8, 4) is 5.75 Å². The van der Waals surface area contributed by atoms with Gasteiger partial charge in [0, 0.05) is 39.9 Å². The van der Waals surface area contributed by atoms with Gasteiger partial charge in [-0.25, -0.2) is 5.43 Å². The van der Waals surface area contributed by atoms with Gasteiger partial charge < -0.3 is 24.4 Å². The smallest absolute Gasteiger partial charge is 0.250 e. The number of nitrogens with one attached hydrogen (secondary N) is 3. The van der Waals surface area contributed by atoms with Gasteiger partial charge >= 0.3 is 0 Å². The Labute approximate surface area is 247 Å². The second kappa shape index (κ2) is 12.4. The van der Waals surface area contributed by atoms with Gasteiger partial charge in [0.15, 0.2) is 0 Å². The second-order valence-electron chi connectivity index (χ2n) is 9.32. The highest BCUT2D eigenvalue weighted by Crippen LogP contribution is 2.23. The molecule has 0 bridgehead atoms. The van der Waals surface area contributed by atoms with Crippen LogP contribution in [0.15, 0.2) is 107 Å². The van der Waals surface area contributed by atoms with E-state index < -0.39 is 0 Å². The van der Waals surface area contributed by atoms with Crippen LogP contribution in [-0.2, 0) is 13.1 Å². The minimum atomic E-state index is 0.268. The van der Waals surface area contributed by atoms with Crippen LogP contribution < -0.4 is 20.8 Å². The topological polar surface area (TPSA) is 114 Å². The van der Waals surface area contributed by atoms with E-state index in [1.807, 2.05) is 72.8 Å². The van der Waals surface area contributed by atoms with Gasteiger partial charge in [-0.3, -0.25) is 0 Å². The molecule has 6 rings (SSSR count). The minimum Gasteiger partial charge on any atom is -0.497 e. The number of hydrogen-bond donors (Lipinski definition) is 3. The standard InChI is InChI=1S/C31H27ClN8O2/c1-41-25-14-12-24(13-15-25)35-30-36-29(33-18-26-5-4-16-42-26)37-31(38-30)39-34-17-22-20-40(28-7-3-2-6-27(22)28)19-21-8-10-23(32)11-9-21/h2-17,20H,18-19H2,1H3,(H3,33,35,36,37,38,39)/b34-17+. The van der Waals surface area contributed by atoms with Crippen molar-refractivity contribution >= 4 is 52.3 Å². The van der Waals surface area contributed by atoms with Gasteiger partial charge in [-0.1, -0.05) is 41.9 Å². The van der Waals surface area contributed by atoms with Crippen LogP contribution in [0.2, 0.25) is 5.02 Å². The fourth-order valence-electron chi connectivity index (χ4n) is 4.40. The average molecular weight is 579 g/mol. The lowest BCUT2D eigenvalue weighted by molar-refractivity contribution is 0.415. The van der Waals surface area contributed by atoms with Gasteiger partial charge in [0.2, 0.25) is 17.8 Å². The minimum absolute atomic E-state index is 0.268. The number of hydrazone groups is 1. The molecule has 0 aliphatic carbocycles. The van der Waals surface area contributed by atoms with Gasteiger partial charge in [-0.05, 0) is 60.2 Å². The molecule has 0 aliphatic heterocycles. The molecule has 3 aromatic carbocycles. The zero-order valence-electron chi connectivity index (χ0n) is 22.7. The molecule has 0 fully saturated rings. The molecule has 11 heteroatoms. The molecule has 3 aromatic heterocycles. The van der Waals surface area contributed by atoms with Crippen molar-refractivity contribution < 1.29 is 9.15 Å². The lowest BCUT2D eigenvalue weighted by Crippen LogP contribution is -2.09. The van der Waals surface area contributed by atoms with E-state index in [0.717, 1.165) is 44.2 Å². The number of anilines is 4. The maximum Gasteiger partial charge on any atom is 0.250 e. The first kappa shape index (κ1) is 26.9. The van der Waals surface area contributed by atoms with Crippen LogP contribution in [-0.4, -0.2) is 32.8 Å². The van der Waals surface area contributed by atoms with Crippen molar-refractivity contribution in [3.05, 3.63) is 119 Å². The molecule has 0 saturated carbocycles. The highest BCUT2D eigenvalue weighted by Gasteiger charge is 2.10. The summed E-state index contributed by atoms with van der Waals surface area (Å²) >= 11 is 6.07. The Morgan fingerprint density at radius 2 is 1.69 bits per heavy atom. The van der Waals surface area contributed by atoms with Gasteiger partial charge in [0.25, 0.3) is 0 Å². The maximum atomic E-state index is 6.07. The molecule has 3 heterocycles. The van der Waals surface area contributed by atoms with E-state index in [4.69, 9.17) is 20.8 Å². The summed E-state index contributed by atoms with van der Waals surface area (Å²) in [6.45, 7) is 1.12. The Kier molecular flexibility index (Phi) is 7.96. The zero-order chi connectivity index (χ0) is 28.7. The van der Waals surface area contributed by atoms with Crippen LogP contribution in [0.1, 0.15) is 16.9 Å². The molecule has 10 nitrogen and oxygen atoms in total. The summed E-state index contributed by atoms with van der Waals surface area (Å²) in [5.41, 5.74) is 6.96. The molecule has 0 radical (unpaired) electrons. The highest BCUT2D eigenvalue weighted by molar-refractivity contribution is 6.30. The summed E-state index contributed by atoms with van der Waals surface area (Å²) in [7, 11) is 1.63. The predicted molar refractivity (Wildman–Crippen MR) is 166 cm³/mol. The Bertz CT molecular complexity index is 1800. The number of para-hydroxylation sites is 1. The van der Waals surface area contributed by atoms with E-state index in [9.17, 15) is 0 Å². The number of nitrogens with zero attached hydrogens (tertiary/aromatic N) is 5. The van der Waals surface area contributed by atoms with Gasteiger partial charge in [-0.15, -0.1) is 0 Å². The third-order valence-corrected chi connectivity index (χ3v) is 6.69. The fourth-order valence-corrected chi connectivity index (χ4v) is 4.52. The van der Waals surface area contributed by atoms with Gasteiger partial charge in [0.1, 0.15) is 11.5 Å². The molecule has 0 atom stereocenters. The largest absolute Gasteiger partial charge is 0.497 e. The molecule has 210 valence electrons. The summed E-state index contributed by atoms with van der Waals surface area (Å²) in [4.78, 5) is 13.5. The lowest BCUT2D eigenvalue weighted by Gasteiger charge is -2.10. The SMILES string of the molecule is COc1ccc(Nc2nc(NCc3ccco3)nc(N/N=C/c3cn(Cc4ccc(Cl)cc4)c4ccccc34)n2)cc1. The van der Waals surface area contributed by atoms with E-state index in [1.165, 1.54) is 0 Å². The Morgan fingerprint density at radius 1 is 0.905 bits per heavy atom. The number of fused-ring (bicyclic) bond motifs is 1. The molecular weight excluding hydrogens is 552 g/mol. The van der Waals surface area contributed by atoms with E-state index >= 15 is 0 Å². The van der Waals surface area contributed by atoms with Crippen LogP contribution in [0.3, 0.4) is 0 Å². The van der Waals surface area contributed by atoms with Crippen molar-refractivity contribution in [2.24, 2.45) is 5.10 Å². The number of rotatable bonds is 11.